The minimum absolute atomic E-state index is 0.0592. The summed E-state index contributed by atoms with van der Waals surface area (Å²) in [6.07, 6.45) is 5.54. The normalized spacial score (nSPS) is 19.3. The second-order valence-electron chi connectivity index (χ2n) is 7.35. The molecule has 1 unspecified atom stereocenters. The molecule has 0 bridgehead atoms. The van der Waals surface area contributed by atoms with Crippen molar-refractivity contribution in [3.63, 3.8) is 0 Å². The lowest BCUT2D eigenvalue weighted by Crippen LogP contribution is -2.30. The molecule has 9 heteroatoms. The van der Waals surface area contributed by atoms with Gasteiger partial charge in [-0.3, -0.25) is 9.78 Å². The van der Waals surface area contributed by atoms with Gasteiger partial charge in [0, 0.05) is 37.2 Å². The number of rotatable bonds is 5. The smallest absolute Gasteiger partial charge is 0.256 e. The van der Waals surface area contributed by atoms with Crippen molar-refractivity contribution in [2.45, 2.75) is 25.2 Å². The van der Waals surface area contributed by atoms with Gasteiger partial charge < -0.3 is 9.64 Å². The molecule has 3 aromatic rings. The molecule has 5 rings (SSSR count). The third-order valence-electron chi connectivity index (χ3n) is 5.25. The third kappa shape index (κ3) is 3.17. The Balaban J connectivity index is 1.22. The molecule has 1 aliphatic heterocycles. The fourth-order valence-electron chi connectivity index (χ4n) is 3.54. The van der Waals surface area contributed by atoms with Crippen LogP contribution in [0.15, 0.2) is 30.6 Å². The van der Waals surface area contributed by atoms with E-state index in [-0.39, 0.29) is 17.4 Å². The summed E-state index contributed by atoms with van der Waals surface area (Å²) in [5.74, 6) is 1.12. The van der Waals surface area contributed by atoms with Gasteiger partial charge in [-0.15, -0.1) is 15.3 Å². The first kappa shape index (κ1) is 17.0. The van der Waals surface area contributed by atoms with Crippen LogP contribution < -0.4 is 4.74 Å². The van der Waals surface area contributed by atoms with Crippen molar-refractivity contribution in [1.29, 1.82) is 0 Å². The molecule has 4 heterocycles. The summed E-state index contributed by atoms with van der Waals surface area (Å²) in [5.41, 5.74) is 0.773. The molecule has 3 aromatic heterocycles. The summed E-state index contributed by atoms with van der Waals surface area (Å²) < 4.78 is 21.4. The zero-order valence-electron chi connectivity index (χ0n) is 15.2. The van der Waals surface area contributed by atoms with Crippen LogP contribution >= 0.6 is 0 Å². The molecule has 0 N–H and O–H groups in total. The van der Waals surface area contributed by atoms with Crippen molar-refractivity contribution in [1.82, 2.24) is 29.7 Å². The molecule has 1 saturated heterocycles. The first-order chi connectivity index (χ1) is 13.7. The summed E-state index contributed by atoms with van der Waals surface area (Å²) in [7, 11) is 0. The number of aromatic nitrogens is 5. The van der Waals surface area contributed by atoms with Crippen LogP contribution in [0.1, 0.15) is 41.4 Å². The van der Waals surface area contributed by atoms with Gasteiger partial charge in [-0.2, -0.15) is 4.52 Å². The Morgan fingerprint density at radius 3 is 2.93 bits per heavy atom. The predicted molar refractivity (Wildman–Crippen MR) is 96.5 cm³/mol. The minimum Gasteiger partial charge on any atom is -0.476 e. The highest BCUT2D eigenvalue weighted by molar-refractivity contribution is 5.94. The van der Waals surface area contributed by atoms with E-state index in [9.17, 15) is 9.18 Å². The van der Waals surface area contributed by atoms with Crippen molar-refractivity contribution in [2.24, 2.45) is 5.92 Å². The molecule has 2 fully saturated rings. The van der Waals surface area contributed by atoms with Crippen LogP contribution in [0, 0.1) is 11.7 Å². The van der Waals surface area contributed by atoms with Gasteiger partial charge in [0.1, 0.15) is 0 Å². The average molecular weight is 382 g/mol. The van der Waals surface area contributed by atoms with Crippen LogP contribution in [-0.4, -0.2) is 55.3 Å². The number of pyridine rings is 1. The van der Waals surface area contributed by atoms with E-state index in [4.69, 9.17) is 4.74 Å². The number of nitrogens with zero attached hydrogens (tertiary/aromatic N) is 6. The van der Waals surface area contributed by atoms with Crippen molar-refractivity contribution in [2.75, 3.05) is 19.7 Å². The predicted octanol–water partition coefficient (Wildman–Crippen LogP) is 2.08. The van der Waals surface area contributed by atoms with E-state index >= 15 is 0 Å². The lowest BCUT2D eigenvalue weighted by Gasteiger charge is -2.17. The highest BCUT2D eigenvalue weighted by Crippen LogP contribution is 2.38. The minimum atomic E-state index is -0.592. The fourth-order valence-corrected chi connectivity index (χ4v) is 3.54. The van der Waals surface area contributed by atoms with Gasteiger partial charge in [-0.1, -0.05) is 0 Å². The number of halogens is 1. The second-order valence-corrected chi connectivity index (χ2v) is 7.35. The number of amides is 1. The number of likely N-dealkylation sites (tertiary alicyclic amines) is 1. The topological polar surface area (TPSA) is 85.5 Å². The van der Waals surface area contributed by atoms with E-state index in [2.05, 4.69) is 20.3 Å². The molecular formula is C19H19FN6O2. The molecule has 1 aliphatic carbocycles. The molecule has 0 radical (unpaired) electrons. The SMILES string of the molecule is O=C(c1ccncc1F)N1CCC(COc2ccc3nnc(C4CC4)n3n2)C1. The molecule has 1 amide bonds. The van der Waals surface area contributed by atoms with Gasteiger partial charge in [-0.25, -0.2) is 4.39 Å². The van der Waals surface area contributed by atoms with E-state index in [0.717, 1.165) is 31.3 Å². The van der Waals surface area contributed by atoms with E-state index in [0.29, 0.717) is 37.1 Å². The average Bonchev–Trinajstić information content (AvgIpc) is 3.29. The Labute approximate surface area is 160 Å². The van der Waals surface area contributed by atoms with Crippen molar-refractivity contribution >= 4 is 11.6 Å². The lowest BCUT2D eigenvalue weighted by molar-refractivity contribution is 0.0778. The quantitative estimate of drug-likeness (QED) is 0.672. The van der Waals surface area contributed by atoms with E-state index in [1.807, 2.05) is 6.07 Å². The summed E-state index contributed by atoms with van der Waals surface area (Å²) in [5, 5.41) is 12.9. The Morgan fingerprint density at radius 1 is 1.21 bits per heavy atom. The van der Waals surface area contributed by atoms with E-state index in [1.165, 1.54) is 12.3 Å². The molecule has 0 spiro atoms. The third-order valence-corrected chi connectivity index (χ3v) is 5.25. The first-order valence-corrected chi connectivity index (χ1v) is 9.43. The maximum atomic E-state index is 13.8. The number of fused-ring (bicyclic) bond motifs is 1. The maximum Gasteiger partial charge on any atom is 0.256 e. The molecule has 1 atom stereocenters. The van der Waals surface area contributed by atoms with Crippen LogP contribution in [0.4, 0.5) is 4.39 Å². The standard InChI is InChI=1S/C19H19FN6O2/c20-15-9-21-7-5-14(15)19(27)25-8-6-12(10-25)11-28-17-4-3-16-22-23-18(13-1-2-13)26(16)24-17/h3-5,7,9,12-13H,1-2,6,8,10-11H2. The number of hydrogen-bond acceptors (Lipinski definition) is 6. The van der Waals surface area contributed by atoms with Crippen LogP contribution in [-0.2, 0) is 0 Å². The van der Waals surface area contributed by atoms with E-state index in [1.54, 1.807) is 15.5 Å². The van der Waals surface area contributed by atoms with Gasteiger partial charge in [0.2, 0.25) is 5.88 Å². The monoisotopic (exact) mass is 382 g/mol. The van der Waals surface area contributed by atoms with Crippen LogP contribution in [0.2, 0.25) is 0 Å². The molecule has 28 heavy (non-hydrogen) atoms. The molecule has 144 valence electrons. The second kappa shape index (κ2) is 6.81. The zero-order valence-corrected chi connectivity index (χ0v) is 15.2. The first-order valence-electron chi connectivity index (χ1n) is 9.43. The van der Waals surface area contributed by atoms with Gasteiger partial charge in [0.05, 0.1) is 18.4 Å². The Hall–Kier alpha value is -3.10. The van der Waals surface area contributed by atoms with Gasteiger partial charge >= 0.3 is 0 Å². The van der Waals surface area contributed by atoms with Gasteiger partial charge in [-0.05, 0) is 31.4 Å². The van der Waals surface area contributed by atoms with Crippen molar-refractivity contribution < 1.29 is 13.9 Å². The molecular weight excluding hydrogens is 363 g/mol. The zero-order chi connectivity index (χ0) is 19.1. The molecule has 2 aliphatic rings. The van der Waals surface area contributed by atoms with Crippen LogP contribution in [0.5, 0.6) is 5.88 Å². The number of ether oxygens (including phenoxy) is 1. The Kier molecular flexibility index (Phi) is 4.14. The fraction of sp³-hybridized carbons (Fsp3) is 0.421. The Morgan fingerprint density at radius 2 is 2.11 bits per heavy atom. The Bertz CT molecular complexity index is 1030. The summed E-state index contributed by atoms with van der Waals surface area (Å²) in [6, 6.07) is 5.04. The number of carbonyl (C=O) groups excluding carboxylic acids is 1. The molecule has 0 aromatic carbocycles. The van der Waals surface area contributed by atoms with Gasteiger partial charge in [0.15, 0.2) is 17.3 Å². The largest absolute Gasteiger partial charge is 0.476 e. The van der Waals surface area contributed by atoms with Crippen molar-refractivity contribution in [3.8, 4) is 5.88 Å². The van der Waals surface area contributed by atoms with Crippen molar-refractivity contribution in [3.05, 3.63) is 47.8 Å². The highest BCUT2D eigenvalue weighted by atomic mass is 19.1. The summed E-state index contributed by atoms with van der Waals surface area (Å²) >= 11 is 0. The molecule has 1 saturated carbocycles. The summed E-state index contributed by atoms with van der Waals surface area (Å²) in [4.78, 5) is 17.8. The lowest BCUT2D eigenvalue weighted by atomic mass is 10.1. The van der Waals surface area contributed by atoms with Crippen LogP contribution in [0.25, 0.3) is 5.65 Å². The van der Waals surface area contributed by atoms with Crippen LogP contribution in [0.3, 0.4) is 0 Å². The number of carbonyl (C=O) groups is 1. The van der Waals surface area contributed by atoms with Gasteiger partial charge in [0.25, 0.3) is 5.91 Å². The maximum absolute atomic E-state index is 13.8. The highest BCUT2D eigenvalue weighted by Gasteiger charge is 2.30. The van der Waals surface area contributed by atoms with E-state index < -0.39 is 5.82 Å². The number of hydrogen-bond donors (Lipinski definition) is 0. The summed E-state index contributed by atoms with van der Waals surface area (Å²) in [6.45, 7) is 1.56. The molecule has 8 nitrogen and oxygen atoms in total.